The molecule has 0 aliphatic heterocycles. The minimum absolute atomic E-state index is 0.211. The fourth-order valence-electron chi connectivity index (χ4n) is 3.87. The minimum atomic E-state index is 0.211. The van der Waals surface area contributed by atoms with E-state index in [4.69, 9.17) is 5.73 Å². The summed E-state index contributed by atoms with van der Waals surface area (Å²) in [6, 6.07) is 0.637. The molecule has 0 heterocycles. The van der Waals surface area contributed by atoms with Crippen LogP contribution in [0, 0.1) is 11.8 Å². The van der Waals surface area contributed by atoms with E-state index in [2.05, 4.69) is 31.3 Å². The van der Waals surface area contributed by atoms with Gasteiger partial charge in [0, 0.05) is 18.1 Å². The average Bonchev–Trinajstić information content (AvgIpc) is 2.82. The Balaban J connectivity index is 2.08. The van der Waals surface area contributed by atoms with Crippen molar-refractivity contribution in [1.82, 2.24) is 5.32 Å². The Morgan fingerprint density at radius 3 is 2.59 bits per heavy atom. The molecule has 2 aliphatic carbocycles. The molecule has 17 heavy (non-hydrogen) atoms. The van der Waals surface area contributed by atoms with Gasteiger partial charge >= 0.3 is 0 Å². The van der Waals surface area contributed by atoms with Crippen LogP contribution in [0.1, 0.15) is 52.4 Å². The number of hydrogen-bond acceptors (Lipinski definition) is 2. The Morgan fingerprint density at radius 1 is 1.29 bits per heavy atom. The number of hydrogen-bond donors (Lipinski definition) is 2. The molecule has 1 fully saturated rings. The molecule has 2 atom stereocenters. The Labute approximate surface area is 106 Å². The molecule has 2 heteroatoms. The molecule has 0 bridgehead atoms. The van der Waals surface area contributed by atoms with Gasteiger partial charge in [-0.25, -0.2) is 0 Å². The maximum Gasteiger partial charge on any atom is 0.0337 e. The van der Waals surface area contributed by atoms with Crippen molar-refractivity contribution < 1.29 is 0 Å². The second-order valence-corrected chi connectivity index (χ2v) is 6.24. The van der Waals surface area contributed by atoms with E-state index in [9.17, 15) is 0 Å². The van der Waals surface area contributed by atoms with Crippen LogP contribution in [0.2, 0.25) is 0 Å². The molecule has 0 spiro atoms. The maximum absolute atomic E-state index is 6.16. The lowest BCUT2D eigenvalue weighted by molar-refractivity contribution is 0.0969. The fourth-order valence-corrected chi connectivity index (χ4v) is 3.87. The van der Waals surface area contributed by atoms with E-state index in [1.54, 1.807) is 0 Å². The lowest BCUT2D eigenvalue weighted by Gasteiger charge is -2.48. The van der Waals surface area contributed by atoms with Crippen LogP contribution >= 0.6 is 0 Å². The van der Waals surface area contributed by atoms with Crippen molar-refractivity contribution >= 4 is 0 Å². The van der Waals surface area contributed by atoms with Gasteiger partial charge in [-0.1, -0.05) is 38.8 Å². The summed E-state index contributed by atoms with van der Waals surface area (Å²) in [5.41, 5.74) is 6.37. The van der Waals surface area contributed by atoms with E-state index >= 15 is 0 Å². The zero-order valence-corrected chi connectivity index (χ0v) is 11.4. The zero-order valence-electron chi connectivity index (χ0n) is 11.4. The first-order valence-electron chi connectivity index (χ1n) is 7.31. The van der Waals surface area contributed by atoms with Crippen LogP contribution in [-0.4, -0.2) is 18.1 Å². The molecule has 3 N–H and O–H groups in total. The molecule has 0 saturated heterocycles. The number of nitrogens with two attached hydrogens (primary N) is 1. The third kappa shape index (κ3) is 2.74. The van der Waals surface area contributed by atoms with Gasteiger partial charge in [0.25, 0.3) is 0 Å². The van der Waals surface area contributed by atoms with Crippen molar-refractivity contribution in [2.24, 2.45) is 17.6 Å². The topological polar surface area (TPSA) is 38.0 Å². The highest BCUT2D eigenvalue weighted by Crippen LogP contribution is 2.38. The van der Waals surface area contributed by atoms with Gasteiger partial charge in [-0.2, -0.15) is 0 Å². The van der Waals surface area contributed by atoms with Gasteiger partial charge in [0.2, 0.25) is 0 Å². The molecule has 0 aromatic rings. The van der Waals surface area contributed by atoms with Crippen molar-refractivity contribution in [1.29, 1.82) is 0 Å². The first-order valence-corrected chi connectivity index (χ1v) is 7.31. The first kappa shape index (κ1) is 13.1. The van der Waals surface area contributed by atoms with E-state index < -0.39 is 0 Å². The van der Waals surface area contributed by atoms with Crippen molar-refractivity contribution in [2.45, 2.75) is 64.0 Å². The lowest BCUT2D eigenvalue weighted by atomic mass is 9.67. The van der Waals surface area contributed by atoms with Crippen LogP contribution in [-0.2, 0) is 0 Å². The average molecular weight is 236 g/mol. The predicted molar refractivity (Wildman–Crippen MR) is 73.9 cm³/mol. The van der Waals surface area contributed by atoms with Gasteiger partial charge in [0.05, 0.1) is 0 Å². The van der Waals surface area contributed by atoms with Crippen molar-refractivity contribution in [3.8, 4) is 0 Å². The Hall–Kier alpha value is -0.340. The molecule has 2 nitrogen and oxygen atoms in total. The van der Waals surface area contributed by atoms with Gasteiger partial charge in [-0.3, -0.25) is 0 Å². The Bertz CT molecular complexity index is 264. The number of rotatable bonds is 4. The zero-order chi connectivity index (χ0) is 12.3. The van der Waals surface area contributed by atoms with Crippen molar-refractivity contribution in [2.75, 3.05) is 6.54 Å². The third-order valence-corrected chi connectivity index (χ3v) is 4.77. The van der Waals surface area contributed by atoms with Gasteiger partial charge in [-0.15, -0.1) is 0 Å². The summed E-state index contributed by atoms with van der Waals surface area (Å²) in [6.07, 6.45) is 12.3. The normalized spacial score (nSPS) is 34.7. The van der Waals surface area contributed by atoms with Gasteiger partial charge < -0.3 is 11.1 Å². The molecule has 2 aliphatic rings. The van der Waals surface area contributed by atoms with Crippen LogP contribution in [0.25, 0.3) is 0 Å². The van der Waals surface area contributed by atoms with Gasteiger partial charge in [-0.05, 0) is 37.5 Å². The molecule has 0 aromatic heterocycles. The number of nitrogens with one attached hydrogen (secondary N) is 1. The van der Waals surface area contributed by atoms with Crippen LogP contribution in [0.3, 0.4) is 0 Å². The summed E-state index contributed by atoms with van der Waals surface area (Å²) in [5, 5.41) is 3.92. The van der Waals surface area contributed by atoms with E-state index in [0.29, 0.717) is 6.04 Å². The molecule has 1 saturated carbocycles. The second kappa shape index (κ2) is 5.53. The van der Waals surface area contributed by atoms with E-state index in [1.165, 1.54) is 38.5 Å². The Kier molecular flexibility index (Phi) is 4.26. The predicted octanol–water partition coefficient (Wildman–Crippen LogP) is 2.84. The van der Waals surface area contributed by atoms with Crippen molar-refractivity contribution in [3.05, 3.63) is 12.2 Å². The van der Waals surface area contributed by atoms with Crippen LogP contribution in [0.15, 0.2) is 12.2 Å². The SMILES string of the molecule is CC(C)C1CCCCC1(CN)NC1CC=CC1. The highest BCUT2D eigenvalue weighted by atomic mass is 15.0. The third-order valence-electron chi connectivity index (χ3n) is 4.77. The molecule has 98 valence electrons. The molecule has 0 radical (unpaired) electrons. The van der Waals surface area contributed by atoms with Crippen LogP contribution in [0.4, 0.5) is 0 Å². The summed E-state index contributed by atoms with van der Waals surface area (Å²) in [6.45, 7) is 5.51. The molecule has 0 aromatic carbocycles. The Morgan fingerprint density at radius 2 is 2.00 bits per heavy atom. The first-order chi connectivity index (χ1) is 8.18. The van der Waals surface area contributed by atoms with Gasteiger partial charge in [0.15, 0.2) is 0 Å². The monoisotopic (exact) mass is 236 g/mol. The lowest BCUT2D eigenvalue weighted by Crippen LogP contribution is -2.61. The second-order valence-electron chi connectivity index (χ2n) is 6.24. The molecular weight excluding hydrogens is 208 g/mol. The maximum atomic E-state index is 6.16. The summed E-state index contributed by atoms with van der Waals surface area (Å²) in [4.78, 5) is 0. The smallest absolute Gasteiger partial charge is 0.0337 e. The highest BCUT2D eigenvalue weighted by Gasteiger charge is 2.42. The van der Waals surface area contributed by atoms with E-state index in [-0.39, 0.29) is 5.54 Å². The standard InChI is InChI=1S/C15H28N2/c1-12(2)14-9-5-6-10-15(14,11-16)17-13-7-3-4-8-13/h3-4,12-14,17H,5-11,16H2,1-2H3. The van der Waals surface area contributed by atoms with Crippen LogP contribution < -0.4 is 11.1 Å². The van der Waals surface area contributed by atoms with Crippen LogP contribution in [0.5, 0.6) is 0 Å². The molecular formula is C15H28N2. The summed E-state index contributed by atoms with van der Waals surface area (Å²) >= 11 is 0. The van der Waals surface area contributed by atoms with E-state index in [0.717, 1.165) is 18.4 Å². The summed E-state index contributed by atoms with van der Waals surface area (Å²) < 4.78 is 0. The van der Waals surface area contributed by atoms with Crippen molar-refractivity contribution in [3.63, 3.8) is 0 Å². The fraction of sp³-hybridized carbons (Fsp3) is 0.867. The highest BCUT2D eigenvalue weighted by molar-refractivity contribution is 5.05. The molecule has 0 amide bonds. The quantitative estimate of drug-likeness (QED) is 0.737. The summed E-state index contributed by atoms with van der Waals surface area (Å²) in [5.74, 6) is 1.49. The summed E-state index contributed by atoms with van der Waals surface area (Å²) in [7, 11) is 0. The largest absolute Gasteiger partial charge is 0.329 e. The van der Waals surface area contributed by atoms with E-state index in [1.807, 2.05) is 0 Å². The molecule has 2 unspecified atom stereocenters. The minimum Gasteiger partial charge on any atom is -0.329 e. The van der Waals surface area contributed by atoms with Gasteiger partial charge in [0.1, 0.15) is 0 Å². The molecule has 2 rings (SSSR count).